The van der Waals surface area contributed by atoms with Gasteiger partial charge in [-0.25, -0.2) is 4.79 Å². The molecule has 2 aliphatic heterocycles. The molecule has 252 valence electrons. The van der Waals surface area contributed by atoms with Crippen LogP contribution in [-0.4, -0.2) is 88.1 Å². The van der Waals surface area contributed by atoms with Gasteiger partial charge in [0.2, 0.25) is 0 Å². The minimum atomic E-state index is -1.06. The zero-order valence-electron chi connectivity index (χ0n) is 27.3. The second kappa shape index (κ2) is 12.0. The number of rotatable bonds is 7. The van der Waals surface area contributed by atoms with E-state index in [-0.39, 0.29) is 41.3 Å². The highest BCUT2D eigenvalue weighted by Crippen LogP contribution is 2.70. The number of nitrogens with zero attached hydrogens (tertiary/aromatic N) is 2. The summed E-state index contributed by atoms with van der Waals surface area (Å²) in [7, 11) is 1.59. The number of aliphatic imine (C=N–C) groups is 1. The van der Waals surface area contributed by atoms with Crippen molar-refractivity contribution in [1.29, 1.82) is 0 Å². The SMILES string of the molecule is CO[C@H]1C[C@H](O[C@@H]2CC[C@]3(C=NCc4cccnc4)[C@H]4CC[C@]5(C)[C@H](C6=CC(=O)OC6)CC[C@]5(O)[C@H]4CC[C@@]3(O)C2)O[C@H](C)[C@H]1O. The second-order valence-corrected chi connectivity index (χ2v) is 15.2. The predicted octanol–water partition coefficient (Wildman–Crippen LogP) is 3.90. The number of aromatic nitrogens is 1. The Hall–Kier alpha value is -2.21. The molecule has 46 heavy (non-hydrogen) atoms. The van der Waals surface area contributed by atoms with Gasteiger partial charge in [-0.3, -0.25) is 9.98 Å². The third-order valence-electron chi connectivity index (χ3n) is 13.2. The minimum Gasteiger partial charge on any atom is -0.458 e. The lowest BCUT2D eigenvalue weighted by molar-refractivity contribution is -0.284. The van der Waals surface area contributed by atoms with E-state index in [4.69, 9.17) is 23.9 Å². The van der Waals surface area contributed by atoms with Crippen LogP contribution in [0.3, 0.4) is 0 Å². The molecule has 4 saturated carbocycles. The fraction of sp³-hybridized carbons (Fsp3) is 0.750. The molecule has 7 rings (SSSR count). The van der Waals surface area contributed by atoms with Crippen LogP contribution in [0.25, 0.3) is 0 Å². The van der Waals surface area contributed by atoms with Crippen LogP contribution < -0.4 is 0 Å². The van der Waals surface area contributed by atoms with E-state index in [0.717, 1.165) is 36.8 Å². The van der Waals surface area contributed by atoms with Gasteiger partial charge in [0.25, 0.3) is 0 Å². The standard InChI is InChI=1S/C36H50N2O8/c1-22-32(40)29(43-3)16-31(45-22)46-25-6-11-34(21-38-19-23-5-4-14-37-18-23)27-7-10-33(2)26(24-15-30(39)44-20-24)9-13-36(33,42)28(27)8-12-35(34,41)17-25/h4-5,14-15,18,21-22,25-29,31-32,40-42H,6-13,16-17,19-20H2,1-3H3/t22-,25-,26+,27+,28+,29+,31+,32-,33-,34+,35-,36+/m1/s1. The molecule has 12 atom stereocenters. The van der Waals surface area contributed by atoms with Crippen molar-refractivity contribution in [3.63, 3.8) is 0 Å². The molecule has 3 N–H and O–H groups in total. The van der Waals surface area contributed by atoms with Gasteiger partial charge in [-0.15, -0.1) is 0 Å². The van der Waals surface area contributed by atoms with Gasteiger partial charge >= 0.3 is 5.97 Å². The zero-order chi connectivity index (χ0) is 32.3. The maximum atomic E-state index is 12.8. The molecule has 0 spiro atoms. The van der Waals surface area contributed by atoms with Crippen LogP contribution in [0.15, 0.2) is 41.2 Å². The Kier molecular flexibility index (Phi) is 8.46. The summed E-state index contributed by atoms with van der Waals surface area (Å²) in [4.78, 5) is 21.2. The normalized spacial score (nSPS) is 47.2. The summed E-state index contributed by atoms with van der Waals surface area (Å²) in [5.41, 5.74) is -0.931. The van der Waals surface area contributed by atoms with Crippen molar-refractivity contribution in [1.82, 2.24) is 4.98 Å². The third-order valence-corrected chi connectivity index (χ3v) is 13.2. The van der Waals surface area contributed by atoms with Crippen LogP contribution in [0.4, 0.5) is 0 Å². The average molecular weight is 639 g/mol. The van der Waals surface area contributed by atoms with E-state index in [9.17, 15) is 20.1 Å². The molecule has 0 bridgehead atoms. The van der Waals surface area contributed by atoms with E-state index < -0.39 is 35.1 Å². The second-order valence-electron chi connectivity index (χ2n) is 15.2. The molecular formula is C36H50N2O8. The number of carbonyl (C=O) groups is 1. The first kappa shape index (κ1) is 32.3. The van der Waals surface area contributed by atoms with E-state index in [2.05, 4.69) is 11.9 Å². The molecule has 1 aromatic rings. The monoisotopic (exact) mass is 638 g/mol. The van der Waals surface area contributed by atoms with Gasteiger partial charge in [-0.05, 0) is 93.2 Å². The van der Waals surface area contributed by atoms with Crippen LogP contribution in [0.5, 0.6) is 0 Å². The Morgan fingerprint density at radius 2 is 1.96 bits per heavy atom. The lowest BCUT2D eigenvalue weighted by atomic mass is 9.41. The summed E-state index contributed by atoms with van der Waals surface area (Å²) in [6, 6.07) is 3.92. The summed E-state index contributed by atoms with van der Waals surface area (Å²) < 4.78 is 23.4. The summed E-state index contributed by atoms with van der Waals surface area (Å²) in [6.07, 6.45) is 11.8. The fourth-order valence-corrected chi connectivity index (χ4v) is 10.8. The van der Waals surface area contributed by atoms with E-state index in [1.54, 1.807) is 19.4 Å². The fourth-order valence-electron chi connectivity index (χ4n) is 10.8. The maximum absolute atomic E-state index is 12.8. The van der Waals surface area contributed by atoms with Crippen LogP contribution in [0.2, 0.25) is 0 Å². The number of fused-ring (bicyclic) bond motifs is 5. The quantitative estimate of drug-likeness (QED) is 0.231. The van der Waals surface area contributed by atoms with Gasteiger partial charge in [0.1, 0.15) is 12.7 Å². The molecule has 4 aliphatic carbocycles. The van der Waals surface area contributed by atoms with Crippen molar-refractivity contribution in [2.24, 2.45) is 33.6 Å². The molecule has 10 nitrogen and oxygen atoms in total. The van der Waals surface area contributed by atoms with Gasteiger partial charge in [0.15, 0.2) is 6.29 Å². The summed E-state index contributed by atoms with van der Waals surface area (Å²) in [5.74, 6) is -0.118. The number of hydrogen-bond donors (Lipinski definition) is 3. The predicted molar refractivity (Wildman–Crippen MR) is 169 cm³/mol. The molecule has 0 radical (unpaired) electrons. The van der Waals surface area contributed by atoms with Gasteiger partial charge in [0, 0.05) is 55.5 Å². The van der Waals surface area contributed by atoms with Crippen molar-refractivity contribution < 1.29 is 39.1 Å². The number of aliphatic hydroxyl groups excluding tert-OH is 1. The zero-order valence-corrected chi connectivity index (χ0v) is 27.3. The van der Waals surface area contributed by atoms with Crippen molar-refractivity contribution in [2.75, 3.05) is 13.7 Å². The Balaban J connectivity index is 1.17. The first-order valence-electron chi connectivity index (χ1n) is 17.3. The molecule has 6 aliphatic rings. The largest absolute Gasteiger partial charge is 0.458 e. The van der Waals surface area contributed by atoms with Gasteiger partial charge in [-0.2, -0.15) is 0 Å². The Morgan fingerprint density at radius 1 is 1.13 bits per heavy atom. The van der Waals surface area contributed by atoms with E-state index in [0.29, 0.717) is 51.7 Å². The Bertz CT molecular complexity index is 1360. The molecular weight excluding hydrogens is 588 g/mol. The van der Waals surface area contributed by atoms with Crippen LogP contribution in [-0.2, 0) is 30.3 Å². The van der Waals surface area contributed by atoms with Gasteiger partial charge in [0.05, 0.1) is 36.1 Å². The van der Waals surface area contributed by atoms with Gasteiger partial charge < -0.3 is 34.3 Å². The highest BCUT2D eigenvalue weighted by atomic mass is 16.7. The van der Waals surface area contributed by atoms with Crippen molar-refractivity contribution in [3.05, 3.63) is 41.7 Å². The van der Waals surface area contributed by atoms with Crippen LogP contribution >= 0.6 is 0 Å². The summed E-state index contributed by atoms with van der Waals surface area (Å²) in [6.45, 7) is 4.84. The Morgan fingerprint density at radius 3 is 2.70 bits per heavy atom. The van der Waals surface area contributed by atoms with E-state index in [1.807, 2.05) is 31.5 Å². The number of cyclic esters (lactones) is 1. The number of methoxy groups -OCH3 is 1. The number of aliphatic hydroxyl groups is 3. The molecule has 10 heteroatoms. The van der Waals surface area contributed by atoms with Gasteiger partial charge in [-0.1, -0.05) is 13.0 Å². The molecule has 5 fully saturated rings. The highest BCUT2D eigenvalue weighted by molar-refractivity contribution is 5.85. The first-order chi connectivity index (χ1) is 22.0. The van der Waals surface area contributed by atoms with E-state index in [1.165, 1.54) is 0 Å². The molecule has 1 saturated heterocycles. The van der Waals surface area contributed by atoms with Crippen molar-refractivity contribution >= 4 is 12.2 Å². The number of pyridine rings is 1. The Labute approximate surface area is 271 Å². The third kappa shape index (κ3) is 5.10. The average Bonchev–Trinajstić information content (AvgIpc) is 3.58. The number of hydrogen-bond acceptors (Lipinski definition) is 10. The molecule has 0 amide bonds. The topological polar surface area (TPSA) is 140 Å². The molecule has 0 aromatic carbocycles. The highest BCUT2D eigenvalue weighted by Gasteiger charge is 2.71. The molecule has 3 heterocycles. The number of esters is 1. The first-order valence-corrected chi connectivity index (χ1v) is 17.3. The van der Waals surface area contributed by atoms with Crippen molar-refractivity contribution in [2.45, 2.75) is 127 Å². The lowest BCUT2D eigenvalue weighted by Crippen LogP contribution is -2.69. The lowest BCUT2D eigenvalue weighted by Gasteiger charge is -2.66. The number of carbonyl (C=O) groups excluding carboxylic acids is 1. The molecule has 0 unspecified atom stereocenters. The van der Waals surface area contributed by atoms with Crippen molar-refractivity contribution in [3.8, 4) is 0 Å². The molecule has 1 aromatic heterocycles. The van der Waals surface area contributed by atoms with E-state index >= 15 is 0 Å². The van der Waals surface area contributed by atoms with Crippen LogP contribution in [0.1, 0.15) is 83.6 Å². The summed E-state index contributed by atoms with van der Waals surface area (Å²) in [5, 5.41) is 36.0. The summed E-state index contributed by atoms with van der Waals surface area (Å²) >= 11 is 0. The smallest absolute Gasteiger partial charge is 0.331 e. The number of ether oxygens (including phenoxy) is 4. The maximum Gasteiger partial charge on any atom is 0.331 e. The minimum absolute atomic E-state index is 0.00364. The van der Waals surface area contributed by atoms with Crippen LogP contribution in [0, 0.1) is 28.6 Å².